The van der Waals surface area contributed by atoms with Crippen molar-refractivity contribution in [2.75, 3.05) is 6.54 Å². The van der Waals surface area contributed by atoms with Crippen LogP contribution in [0.5, 0.6) is 0 Å². The summed E-state index contributed by atoms with van der Waals surface area (Å²) < 4.78 is 0. The fourth-order valence-electron chi connectivity index (χ4n) is 1.92. The fraction of sp³-hybridized carbons (Fsp3) is 0.692. The molecule has 2 unspecified atom stereocenters. The first-order valence-corrected chi connectivity index (χ1v) is 7.07. The second-order valence-corrected chi connectivity index (χ2v) is 6.11. The van der Waals surface area contributed by atoms with E-state index >= 15 is 0 Å². The van der Waals surface area contributed by atoms with Crippen LogP contribution in [0, 0.1) is 5.92 Å². The van der Waals surface area contributed by atoms with Gasteiger partial charge in [-0.1, -0.05) is 13.0 Å². The summed E-state index contributed by atoms with van der Waals surface area (Å²) in [6, 6.07) is 5.49. The van der Waals surface area contributed by atoms with Gasteiger partial charge in [0.15, 0.2) is 0 Å². The molecule has 1 aromatic heterocycles. The lowest BCUT2D eigenvalue weighted by Gasteiger charge is -2.26. The van der Waals surface area contributed by atoms with E-state index in [2.05, 4.69) is 36.3 Å². The number of rotatable bonds is 6. The van der Waals surface area contributed by atoms with E-state index in [1.807, 2.05) is 11.3 Å². The smallest absolute Gasteiger partial charge is 0.0330 e. The molecular weight excluding hydrogens is 216 g/mol. The van der Waals surface area contributed by atoms with Crippen molar-refractivity contribution in [2.24, 2.45) is 11.7 Å². The molecule has 1 aromatic rings. The maximum absolute atomic E-state index is 5.95. The van der Waals surface area contributed by atoms with Crippen LogP contribution in [0.25, 0.3) is 0 Å². The Hall–Kier alpha value is -0.380. The van der Waals surface area contributed by atoms with Crippen LogP contribution >= 0.6 is 11.3 Å². The molecular formula is C13H22N2S. The fourth-order valence-corrected chi connectivity index (χ4v) is 2.65. The molecule has 0 radical (unpaired) electrons. The Labute approximate surface area is 102 Å². The van der Waals surface area contributed by atoms with Crippen molar-refractivity contribution in [3.05, 3.63) is 22.4 Å². The molecule has 0 spiro atoms. The molecule has 1 saturated carbocycles. The van der Waals surface area contributed by atoms with Gasteiger partial charge in [-0.3, -0.25) is 4.90 Å². The largest absolute Gasteiger partial charge is 0.328 e. The Balaban J connectivity index is 1.90. The van der Waals surface area contributed by atoms with Gasteiger partial charge >= 0.3 is 0 Å². The van der Waals surface area contributed by atoms with Gasteiger partial charge in [0.05, 0.1) is 0 Å². The number of hydrogen-bond acceptors (Lipinski definition) is 3. The van der Waals surface area contributed by atoms with E-state index in [1.54, 1.807) is 0 Å². The average Bonchev–Trinajstić information content (AvgIpc) is 2.97. The first-order valence-electron chi connectivity index (χ1n) is 6.19. The first-order chi connectivity index (χ1) is 7.66. The number of thiophene rings is 1. The zero-order chi connectivity index (χ0) is 11.5. The molecule has 3 heteroatoms. The van der Waals surface area contributed by atoms with Gasteiger partial charge in [0.1, 0.15) is 0 Å². The second kappa shape index (κ2) is 5.30. The van der Waals surface area contributed by atoms with E-state index in [0.29, 0.717) is 12.0 Å². The number of hydrogen-bond donors (Lipinski definition) is 1. The van der Waals surface area contributed by atoms with Crippen molar-refractivity contribution >= 4 is 11.3 Å². The molecule has 0 aromatic carbocycles. The van der Waals surface area contributed by atoms with Gasteiger partial charge in [0.25, 0.3) is 0 Å². The Morgan fingerprint density at radius 2 is 2.25 bits per heavy atom. The van der Waals surface area contributed by atoms with Crippen LogP contribution in [0.15, 0.2) is 17.5 Å². The molecule has 2 atom stereocenters. The van der Waals surface area contributed by atoms with Crippen molar-refractivity contribution in [1.82, 2.24) is 4.90 Å². The summed E-state index contributed by atoms with van der Waals surface area (Å²) in [6.07, 6.45) is 2.74. The third-order valence-corrected chi connectivity index (χ3v) is 4.28. The van der Waals surface area contributed by atoms with Crippen molar-refractivity contribution in [2.45, 2.75) is 45.3 Å². The molecule has 2 rings (SSSR count). The minimum atomic E-state index is 0.296. The van der Waals surface area contributed by atoms with Crippen molar-refractivity contribution in [1.29, 1.82) is 0 Å². The van der Waals surface area contributed by atoms with Crippen LogP contribution < -0.4 is 5.73 Å². The minimum absolute atomic E-state index is 0.296. The third-order valence-electron chi connectivity index (χ3n) is 3.42. The van der Waals surface area contributed by atoms with E-state index in [4.69, 9.17) is 5.73 Å². The van der Waals surface area contributed by atoms with Crippen LogP contribution in [0.4, 0.5) is 0 Å². The summed E-state index contributed by atoms with van der Waals surface area (Å²) in [7, 11) is 0. The quantitative estimate of drug-likeness (QED) is 0.825. The Morgan fingerprint density at radius 1 is 1.50 bits per heavy atom. The predicted octanol–water partition coefficient (Wildman–Crippen LogP) is 2.70. The van der Waals surface area contributed by atoms with E-state index in [0.717, 1.165) is 19.1 Å². The lowest BCUT2D eigenvalue weighted by molar-refractivity contribution is 0.210. The third kappa shape index (κ3) is 3.30. The SMILES string of the molecule is CC(N)C(C)CN(Cc1cccs1)C1CC1. The Kier molecular flexibility index (Phi) is 4.00. The standard InChI is InChI=1S/C13H22N2S/c1-10(11(2)14)8-15(12-5-6-12)9-13-4-3-7-16-13/h3-4,7,10-12H,5-6,8-9,14H2,1-2H3. The zero-order valence-electron chi connectivity index (χ0n) is 10.2. The predicted molar refractivity (Wildman–Crippen MR) is 70.6 cm³/mol. The van der Waals surface area contributed by atoms with Crippen molar-refractivity contribution in [3.63, 3.8) is 0 Å². The summed E-state index contributed by atoms with van der Waals surface area (Å²) in [6.45, 7) is 6.62. The van der Waals surface area contributed by atoms with Gasteiger partial charge < -0.3 is 5.73 Å². The zero-order valence-corrected chi connectivity index (χ0v) is 11.0. The molecule has 2 nitrogen and oxygen atoms in total. The Morgan fingerprint density at radius 3 is 2.75 bits per heavy atom. The lowest BCUT2D eigenvalue weighted by atomic mass is 10.0. The van der Waals surface area contributed by atoms with Crippen molar-refractivity contribution in [3.8, 4) is 0 Å². The second-order valence-electron chi connectivity index (χ2n) is 5.08. The van der Waals surface area contributed by atoms with Crippen LogP contribution in [0.2, 0.25) is 0 Å². The van der Waals surface area contributed by atoms with Crippen LogP contribution in [-0.2, 0) is 6.54 Å². The molecule has 1 heterocycles. The maximum atomic E-state index is 5.95. The normalized spacial score (nSPS) is 20.0. The van der Waals surface area contributed by atoms with Gasteiger partial charge in [0.2, 0.25) is 0 Å². The molecule has 0 aliphatic heterocycles. The first kappa shape index (κ1) is 12.1. The molecule has 1 aliphatic rings. The Bertz CT molecular complexity index is 304. The molecule has 1 aliphatic carbocycles. The van der Waals surface area contributed by atoms with Gasteiger partial charge in [-0.15, -0.1) is 11.3 Å². The molecule has 0 saturated heterocycles. The summed E-state index contributed by atoms with van der Waals surface area (Å²) in [5, 5.41) is 2.16. The van der Waals surface area contributed by atoms with Crippen molar-refractivity contribution < 1.29 is 0 Å². The van der Waals surface area contributed by atoms with E-state index in [9.17, 15) is 0 Å². The summed E-state index contributed by atoms with van der Waals surface area (Å²) in [5.74, 6) is 0.584. The summed E-state index contributed by atoms with van der Waals surface area (Å²) >= 11 is 1.86. The van der Waals surface area contributed by atoms with Crippen LogP contribution in [0.1, 0.15) is 31.6 Å². The average molecular weight is 238 g/mol. The van der Waals surface area contributed by atoms with E-state index in [1.165, 1.54) is 17.7 Å². The molecule has 16 heavy (non-hydrogen) atoms. The highest BCUT2D eigenvalue weighted by Crippen LogP contribution is 2.30. The highest BCUT2D eigenvalue weighted by Gasteiger charge is 2.30. The lowest BCUT2D eigenvalue weighted by Crippen LogP contribution is -2.37. The topological polar surface area (TPSA) is 29.3 Å². The van der Waals surface area contributed by atoms with Gasteiger partial charge in [-0.25, -0.2) is 0 Å². The highest BCUT2D eigenvalue weighted by molar-refractivity contribution is 7.09. The molecule has 0 amide bonds. The maximum Gasteiger partial charge on any atom is 0.0330 e. The molecule has 90 valence electrons. The van der Waals surface area contributed by atoms with E-state index in [-0.39, 0.29) is 0 Å². The summed E-state index contributed by atoms with van der Waals surface area (Å²) in [5.41, 5.74) is 5.95. The van der Waals surface area contributed by atoms with Gasteiger partial charge in [-0.05, 0) is 37.1 Å². The number of nitrogens with two attached hydrogens (primary N) is 1. The molecule has 1 fully saturated rings. The monoisotopic (exact) mass is 238 g/mol. The van der Waals surface area contributed by atoms with Gasteiger partial charge in [0, 0.05) is 30.1 Å². The summed E-state index contributed by atoms with van der Waals surface area (Å²) in [4.78, 5) is 4.09. The van der Waals surface area contributed by atoms with E-state index < -0.39 is 0 Å². The minimum Gasteiger partial charge on any atom is -0.328 e. The van der Waals surface area contributed by atoms with Gasteiger partial charge in [-0.2, -0.15) is 0 Å². The molecule has 2 N–H and O–H groups in total. The number of nitrogens with zero attached hydrogens (tertiary/aromatic N) is 1. The highest BCUT2D eigenvalue weighted by atomic mass is 32.1. The molecule has 0 bridgehead atoms. The van der Waals surface area contributed by atoms with Crippen LogP contribution in [-0.4, -0.2) is 23.5 Å². The van der Waals surface area contributed by atoms with Crippen LogP contribution in [0.3, 0.4) is 0 Å².